The van der Waals surface area contributed by atoms with Gasteiger partial charge in [0.15, 0.2) is 0 Å². The van der Waals surface area contributed by atoms with Crippen LogP contribution in [0.1, 0.15) is 11.1 Å². The van der Waals surface area contributed by atoms with Crippen LogP contribution in [0.3, 0.4) is 0 Å². The average molecular weight is 255 g/mol. The molecule has 2 N–H and O–H groups in total. The number of carbonyl (C=O) groups excluding carboxylic acids is 1. The zero-order chi connectivity index (χ0) is 13.5. The molecule has 3 nitrogen and oxygen atoms in total. The first-order valence-electron chi connectivity index (χ1n) is 6.28. The van der Waals surface area contributed by atoms with Crippen LogP contribution in [0, 0.1) is 0 Å². The minimum Gasteiger partial charge on any atom is -0.493 e. The van der Waals surface area contributed by atoms with Gasteiger partial charge in [-0.3, -0.25) is 4.79 Å². The Hall–Kier alpha value is -2.29. The van der Waals surface area contributed by atoms with Crippen LogP contribution in [-0.4, -0.2) is 12.5 Å². The van der Waals surface area contributed by atoms with Gasteiger partial charge in [-0.2, -0.15) is 0 Å². The summed E-state index contributed by atoms with van der Waals surface area (Å²) in [5.41, 5.74) is 7.28. The van der Waals surface area contributed by atoms with E-state index in [1.165, 1.54) is 5.56 Å². The van der Waals surface area contributed by atoms with Crippen molar-refractivity contribution >= 4 is 5.91 Å². The van der Waals surface area contributed by atoms with Crippen LogP contribution >= 0.6 is 0 Å². The molecule has 0 saturated heterocycles. The molecule has 2 rings (SSSR count). The van der Waals surface area contributed by atoms with Gasteiger partial charge in [0.25, 0.3) is 0 Å². The molecule has 0 aliphatic carbocycles. The fourth-order valence-electron chi connectivity index (χ4n) is 1.83. The van der Waals surface area contributed by atoms with Gasteiger partial charge in [0.1, 0.15) is 5.75 Å². The summed E-state index contributed by atoms with van der Waals surface area (Å²) in [5, 5.41) is 0. The number of benzene rings is 2. The largest absolute Gasteiger partial charge is 0.493 e. The summed E-state index contributed by atoms with van der Waals surface area (Å²) < 4.78 is 5.63. The Balaban J connectivity index is 1.81. The van der Waals surface area contributed by atoms with Crippen molar-refractivity contribution in [3.8, 4) is 5.75 Å². The van der Waals surface area contributed by atoms with Crippen LogP contribution in [0.2, 0.25) is 0 Å². The van der Waals surface area contributed by atoms with Crippen LogP contribution < -0.4 is 10.5 Å². The van der Waals surface area contributed by atoms with Crippen LogP contribution in [0.15, 0.2) is 54.6 Å². The first kappa shape index (κ1) is 13.1. The Morgan fingerprint density at radius 3 is 2.21 bits per heavy atom. The van der Waals surface area contributed by atoms with Gasteiger partial charge in [-0.15, -0.1) is 0 Å². The zero-order valence-corrected chi connectivity index (χ0v) is 10.7. The molecular formula is C16H17NO2. The SMILES string of the molecule is NC(=O)Cc1ccc(CCOc2ccccc2)cc1. The third kappa shape index (κ3) is 4.47. The smallest absolute Gasteiger partial charge is 0.221 e. The molecule has 0 bridgehead atoms. The number of hydrogen-bond donors (Lipinski definition) is 1. The summed E-state index contributed by atoms with van der Waals surface area (Å²) >= 11 is 0. The van der Waals surface area contributed by atoms with Crippen molar-refractivity contribution in [3.63, 3.8) is 0 Å². The van der Waals surface area contributed by atoms with Gasteiger partial charge in [0.05, 0.1) is 13.0 Å². The molecule has 98 valence electrons. The Labute approximate surface area is 113 Å². The van der Waals surface area contributed by atoms with Crippen LogP contribution in [0.5, 0.6) is 5.75 Å². The van der Waals surface area contributed by atoms with E-state index in [-0.39, 0.29) is 5.91 Å². The van der Waals surface area contributed by atoms with Crippen molar-refractivity contribution < 1.29 is 9.53 Å². The number of primary amides is 1. The number of rotatable bonds is 6. The molecule has 0 unspecified atom stereocenters. The molecule has 1 amide bonds. The third-order valence-corrected chi connectivity index (χ3v) is 2.80. The highest BCUT2D eigenvalue weighted by Gasteiger charge is 1.99. The molecule has 0 atom stereocenters. The fourth-order valence-corrected chi connectivity index (χ4v) is 1.83. The predicted molar refractivity (Wildman–Crippen MR) is 75.0 cm³/mol. The van der Waals surface area contributed by atoms with Gasteiger partial charge in [-0.05, 0) is 23.3 Å². The summed E-state index contributed by atoms with van der Waals surface area (Å²) in [4.78, 5) is 10.8. The van der Waals surface area contributed by atoms with Crippen molar-refractivity contribution in [3.05, 3.63) is 65.7 Å². The standard InChI is InChI=1S/C16H17NO2/c17-16(18)12-14-8-6-13(7-9-14)10-11-19-15-4-2-1-3-5-15/h1-9H,10-12H2,(H2,17,18). The molecule has 0 radical (unpaired) electrons. The lowest BCUT2D eigenvalue weighted by Crippen LogP contribution is -2.13. The van der Waals surface area contributed by atoms with Crippen LogP contribution in [0.4, 0.5) is 0 Å². The molecule has 0 saturated carbocycles. The minimum atomic E-state index is -0.305. The normalized spacial score (nSPS) is 10.1. The monoisotopic (exact) mass is 255 g/mol. The second kappa shape index (κ2) is 6.59. The Morgan fingerprint density at radius 2 is 1.58 bits per heavy atom. The maximum Gasteiger partial charge on any atom is 0.221 e. The Bertz CT molecular complexity index is 520. The Morgan fingerprint density at radius 1 is 0.947 bits per heavy atom. The van der Waals surface area contributed by atoms with E-state index in [0.29, 0.717) is 13.0 Å². The van der Waals surface area contributed by atoms with Crippen molar-refractivity contribution in [2.24, 2.45) is 5.73 Å². The highest BCUT2D eigenvalue weighted by Crippen LogP contribution is 2.10. The van der Waals surface area contributed by atoms with Gasteiger partial charge >= 0.3 is 0 Å². The van der Waals surface area contributed by atoms with Gasteiger partial charge in [-0.25, -0.2) is 0 Å². The van der Waals surface area contributed by atoms with E-state index in [1.807, 2.05) is 54.6 Å². The quantitative estimate of drug-likeness (QED) is 0.861. The number of nitrogens with two attached hydrogens (primary N) is 1. The van der Waals surface area contributed by atoms with E-state index in [9.17, 15) is 4.79 Å². The van der Waals surface area contributed by atoms with E-state index in [4.69, 9.17) is 10.5 Å². The van der Waals surface area contributed by atoms with E-state index in [2.05, 4.69) is 0 Å². The van der Waals surface area contributed by atoms with E-state index < -0.39 is 0 Å². The molecule has 0 aromatic heterocycles. The second-order valence-electron chi connectivity index (χ2n) is 4.37. The lowest BCUT2D eigenvalue weighted by molar-refractivity contribution is -0.117. The molecule has 2 aromatic carbocycles. The van der Waals surface area contributed by atoms with Crippen LogP contribution in [-0.2, 0) is 17.6 Å². The summed E-state index contributed by atoms with van der Waals surface area (Å²) in [6.07, 6.45) is 1.13. The van der Waals surface area contributed by atoms with Crippen molar-refractivity contribution in [2.45, 2.75) is 12.8 Å². The predicted octanol–water partition coefficient (Wildman–Crippen LogP) is 2.34. The minimum absolute atomic E-state index is 0.292. The average Bonchev–Trinajstić information content (AvgIpc) is 2.41. The molecule has 0 spiro atoms. The fraction of sp³-hybridized carbons (Fsp3) is 0.188. The van der Waals surface area contributed by atoms with Crippen molar-refractivity contribution in [2.75, 3.05) is 6.61 Å². The molecule has 0 heterocycles. The maximum atomic E-state index is 10.8. The zero-order valence-electron chi connectivity index (χ0n) is 10.7. The highest BCUT2D eigenvalue weighted by molar-refractivity contribution is 5.76. The molecule has 0 aliphatic heterocycles. The van der Waals surface area contributed by atoms with Gasteiger partial charge in [-0.1, -0.05) is 42.5 Å². The summed E-state index contributed by atoms with van der Waals surface area (Å²) in [6.45, 7) is 0.638. The molecular weight excluding hydrogens is 238 g/mol. The highest BCUT2D eigenvalue weighted by atomic mass is 16.5. The van der Waals surface area contributed by atoms with E-state index >= 15 is 0 Å². The summed E-state index contributed by atoms with van der Waals surface area (Å²) in [7, 11) is 0. The van der Waals surface area contributed by atoms with Gasteiger partial charge < -0.3 is 10.5 Å². The third-order valence-electron chi connectivity index (χ3n) is 2.80. The lowest BCUT2D eigenvalue weighted by Gasteiger charge is -2.06. The molecule has 0 aliphatic rings. The molecule has 2 aromatic rings. The lowest BCUT2D eigenvalue weighted by atomic mass is 10.1. The molecule has 0 fully saturated rings. The van der Waals surface area contributed by atoms with Gasteiger partial charge in [0.2, 0.25) is 5.91 Å². The number of carbonyl (C=O) groups is 1. The van der Waals surface area contributed by atoms with Gasteiger partial charge in [0, 0.05) is 6.42 Å². The first-order chi connectivity index (χ1) is 9.24. The van der Waals surface area contributed by atoms with E-state index in [0.717, 1.165) is 17.7 Å². The van der Waals surface area contributed by atoms with Crippen molar-refractivity contribution in [1.29, 1.82) is 0 Å². The maximum absolute atomic E-state index is 10.8. The van der Waals surface area contributed by atoms with E-state index in [1.54, 1.807) is 0 Å². The second-order valence-corrected chi connectivity index (χ2v) is 4.37. The number of amides is 1. The molecule has 19 heavy (non-hydrogen) atoms. The Kier molecular flexibility index (Phi) is 4.56. The summed E-state index contributed by atoms with van der Waals surface area (Å²) in [5.74, 6) is 0.577. The number of hydrogen-bond acceptors (Lipinski definition) is 2. The number of para-hydroxylation sites is 1. The first-order valence-corrected chi connectivity index (χ1v) is 6.28. The topological polar surface area (TPSA) is 52.3 Å². The van der Waals surface area contributed by atoms with Crippen molar-refractivity contribution in [1.82, 2.24) is 0 Å². The summed E-state index contributed by atoms with van der Waals surface area (Å²) in [6, 6.07) is 17.6. The van der Waals surface area contributed by atoms with Crippen LogP contribution in [0.25, 0.3) is 0 Å². The number of ether oxygens (including phenoxy) is 1. The molecule has 3 heteroatoms.